The van der Waals surface area contributed by atoms with Crippen LogP contribution >= 0.6 is 27.3 Å². The van der Waals surface area contributed by atoms with Crippen molar-refractivity contribution < 1.29 is 14.6 Å². The van der Waals surface area contributed by atoms with Gasteiger partial charge in [0, 0.05) is 6.54 Å². The Morgan fingerprint density at radius 3 is 2.96 bits per heavy atom. The highest BCUT2D eigenvalue weighted by Crippen LogP contribution is 2.40. The lowest BCUT2D eigenvalue weighted by molar-refractivity contribution is 0.0621. The number of hydrogen-bond acceptors (Lipinski definition) is 5. The van der Waals surface area contributed by atoms with Gasteiger partial charge < -0.3 is 25.2 Å². The summed E-state index contributed by atoms with van der Waals surface area (Å²) < 4.78 is 11.7. The van der Waals surface area contributed by atoms with E-state index >= 15 is 0 Å². The van der Waals surface area contributed by atoms with Gasteiger partial charge in [0.15, 0.2) is 17.5 Å². The van der Waals surface area contributed by atoms with E-state index in [0.717, 1.165) is 33.6 Å². The first-order valence-corrected chi connectivity index (χ1v) is 10.1. The molecule has 0 amide bonds. The second-order valence-corrected chi connectivity index (χ2v) is 7.78. The van der Waals surface area contributed by atoms with Crippen LogP contribution in [0.5, 0.6) is 11.5 Å². The molecule has 0 fully saturated rings. The van der Waals surface area contributed by atoms with E-state index in [2.05, 4.69) is 31.6 Å². The highest BCUT2D eigenvalue weighted by molar-refractivity contribution is 9.10. The Bertz CT molecular complexity index is 778. The van der Waals surface area contributed by atoms with Crippen molar-refractivity contribution >= 4 is 33.2 Å². The summed E-state index contributed by atoms with van der Waals surface area (Å²) in [5.41, 5.74) is 0.936. The second kappa shape index (κ2) is 8.28. The van der Waals surface area contributed by atoms with E-state index in [4.69, 9.17) is 9.47 Å². The van der Waals surface area contributed by atoms with Crippen molar-refractivity contribution in [1.82, 2.24) is 10.6 Å². The molecule has 0 radical (unpaired) electrons. The van der Waals surface area contributed by atoms with Crippen molar-refractivity contribution in [3.63, 3.8) is 0 Å². The molecule has 1 aromatic carbocycles. The molecule has 2 heterocycles. The summed E-state index contributed by atoms with van der Waals surface area (Å²) in [6, 6.07) is 5.84. The molecule has 0 saturated heterocycles. The molecular weight excluding hydrogens is 418 g/mol. The monoisotopic (exact) mass is 439 g/mol. The quantitative estimate of drug-likeness (QED) is 0.475. The normalized spacial score (nSPS) is 15.6. The maximum Gasteiger partial charge on any atom is 0.231 e. The highest BCUT2D eigenvalue weighted by atomic mass is 79.9. The summed E-state index contributed by atoms with van der Waals surface area (Å²) in [5, 5.41) is 21.0. The number of fused-ring (bicyclic) bond motifs is 1. The minimum absolute atomic E-state index is 0.239. The number of nitrogens with zero attached hydrogens (tertiary/aromatic N) is 1. The molecule has 140 valence electrons. The largest absolute Gasteiger partial charge is 0.454 e. The molecule has 3 rings (SSSR count). The van der Waals surface area contributed by atoms with Crippen LogP contribution in [0.25, 0.3) is 0 Å². The van der Waals surface area contributed by atoms with Gasteiger partial charge in [-0.25, -0.2) is 4.99 Å². The minimum Gasteiger partial charge on any atom is -0.454 e. The van der Waals surface area contributed by atoms with Gasteiger partial charge in [-0.05, 0) is 69.9 Å². The molecule has 2 aromatic rings. The molecule has 1 atom stereocenters. The number of halogens is 1. The van der Waals surface area contributed by atoms with Crippen LogP contribution in [0, 0.1) is 0 Å². The average molecular weight is 440 g/mol. The van der Waals surface area contributed by atoms with Gasteiger partial charge >= 0.3 is 0 Å². The fraction of sp³-hybridized carbons (Fsp3) is 0.389. The van der Waals surface area contributed by atoms with Crippen LogP contribution in [0.1, 0.15) is 25.0 Å². The van der Waals surface area contributed by atoms with Crippen molar-refractivity contribution in [2.75, 3.05) is 19.9 Å². The maximum absolute atomic E-state index is 10.6. The van der Waals surface area contributed by atoms with Crippen molar-refractivity contribution in [1.29, 1.82) is 0 Å². The average Bonchev–Trinajstić information content (AvgIpc) is 3.29. The Balaban J connectivity index is 1.67. The van der Waals surface area contributed by atoms with Crippen LogP contribution in [0.3, 0.4) is 0 Å². The second-order valence-electron chi connectivity index (χ2n) is 6.15. The molecule has 0 saturated carbocycles. The lowest BCUT2D eigenvalue weighted by Crippen LogP contribution is -2.44. The van der Waals surface area contributed by atoms with Gasteiger partial charge in [-0.15, -0.1) is 0 Å². The number of aliphatic hydroxyl groups is 1. The zero-order valence-electron chi connectivity index (χ0n) is 14.7. The molecule has 8 heteroatoms. The van der Waals surface area contributed by atoms with E-state index < -0.39 is 5.60 Å². The van der Waals surface area contributed by atoms with Crippen molar-refractivity contribution in [3.05, 3.63) is 44.6 Å². The fourth-order valence-electron chi connectivity index (χ4n) is 2.55. The lowest BCUT2D eigenvalue weighted by atomic mass is 9.99. The van der Waals surface area contributed by atoms with E-state index in [1.807, 2.05) is 35.9 Å². The number of hydrogen-bond donors (Lipinski definition) is 3. The van der Waals surface area contributed by atoms with Crippen LogP contribution in [0.2, 0.25) is 0 Å². The summed E-state index contributed by atoms with van der Waals surface area (Å²) in [7, 11) is 0. The Hall–Kier alpha value is -1.77. The summed E-state index contributed by atoms with van der Waals surface area (Å²) in [6.45, 7) is 5.61. The molecule has 0 bridgehead atoms. The van der Waals surface area contributed by atoms with E-state index in [1.54, 1.807) is 18.3 Å². The van der Waals surface area contributed by atoms with E-state index in [9.17, 15) is 5.11 Å². The molecule has 1 aliphatic heterocycles. The van der Waals surface area contributed by atoms with Gasteiger partial charge in [0.05, 0.1) is 17.6 Å². The van der Waals surface area contributed by atoms with E-state index in [0.29, 0.717) is 19.0 Å². The van der Waals surface area contributed by atoms with Crippen molar-refractivity contribution in [3.8, 4) is 11.5 Å². The molecule has 0 spiro atoms. The first kappa shape index (κ1) is 19.0. The first-order valence-electron chi connectivity index (χ1n) is 8.35. The van der Waals surface area contributed by atoms with Gasteiger partial charge in [0.1, 0.15) is 5.60 Å². The lowest BCUT2D eigenvalue weighted by Gasteiger charge is -2.24. The third-order valence-corrected chi connectivity index (χ3v) is 5.27. The van der Waals surface area contributed by atoms with E-state index in [1.165, 1.54) is 0 Å². The van der Waals surface area contributed by atoms with Crippen molar-refractivity contribution in [2.24, 2.45) is 4.99 Å². The van der Waals surface area contributed by atoms with Crippen LogP contribution in [0.4, 0.5) is 0 Å². The summed E-state index contributed by atoms with van der Waals surface area (Å²) in [4.78, 5) is 4.60. The smallest absolute Gasteiger partial charge is 0.231 e. The van der Waals surface area contributed by atoms with E-state index in [-0.39, 0.29) is 6.79 Å². The van der Waals surface area contributed by atoms with Crippen LogP contribution in [0.15, 0.2) is 38.4 Å². The SMILES string of the molecule is CCNC(=NCc1cc(Br)c2c(c1)OCO2)NCC(C)(O)c1ccsc1. The topological polar surface area (TPSA) is 75.1 Å². The number of benzene rings is 1. The highest BCUT2D eigenvalue weighted by Gasteiger charge is 2.23. The number of thiophene rings is 1. The van der Waals surface area contributed by atoms with Gasteiger partial charge in [0.25, 0.3) is 0 Å². The number of nitrogens with one attached hydrogen (secondary N) is 2. The minimum atomic E-state index is -0.960. The molecule has 3 N–H and O–H groups in total. The van der Waals surface area contributed by atoms with Gasteiger partial charge in [-0.2, -0.15) is 11.3 Å². The molecule has 26 heavy (non-hydrogen) atoms. The number of rotatable bonds is 6. The first-order chi connectivity index (χ1) is 12.5. The Kier molecular flexibility index (Phi) is 6.05. The number of aliphatic imine (C=N–C) groups is 1. The summed E-state index contributed by atoms with van der Waals surface area (Å²) >= 11 is 5.07. The summed E-state index contributed by atoms with van der Waals surface area (Å²) in [6.07, 6.45) is 0. The van der Waals surface area contributed by atoms with Gasteiger partial charge in [0.2, 0.25) is 6.79 Å². The predicted molar refractivity (Wildman–Crippen MR) is 107 cm³/mol. The third kappa shape index (κ3) is 4.49. The Morgan fingerprint density at radius 1 is 1.38 bits per heavy atom. The standard InChI is InChI=1S/C18H22BrN3O3S/c1-3-20-17(22-10-18(2,23)13-4-5-26-9-13)21-8-12-6-14(19)16-15(7-12)24-11-25-16/h4-7,9,23H,3,8,10-11H2,1-2H3,(H2,20,21,22). The van der Waals surface area contributed by atoms with Crippen LogP contribution < -0.4 is 20.1 Å². The van der Waals surface area contributed by atoms with Crippen LogP contribution in [-0.4, -0.2) is 30.9 Å². The number of guanidine groups is 1. The number of ether oxygens (including phenoxy) is 2. The Labute approximate surface area is 165 Å². The molecule has 1 unspecified atom stereocenters. The zero-order chi connectivity index (χ0) is 18.6. The van der Waals surface area contributed by atoms with Gasteiger partial charge in [-0.1, -0.05) is 0 Å². The molecule has 6 nitrogen and oxygen atoms in total. The maximum atomic E-state index is 10.6. The van der Waals surface area contributed by atoms with Crippen LogP contribution in [-0.2, 0) is 12.1 Å². The molecular formula is C18H22BrN3O3S. The molecule has 0 aliphatic carbocycles. The molecule has 1 aromatic heterocycles. The fourth-order valence-corrected chi connectivity index (χ4v) is 3.94. The summed E-state index contributed by atoms with van der Waals surface area (Å²) in [5.74, 6) is 2.11. The third-order valence-electron chi connectivity index (χ3n) is 3.99. The van der Waals surface area contributed by atoms with Gasteiger partial charge in [-0.3, -0.25) is 0 Å². The predicted octanol–water partition coefficient (Wildman–Crippen LogP) is 3.20. The zero-order valence-corrected chi connectivity index (χ0v) is 17.1. The van der Waals surface area contributed by atoms with Crippen molar-refractivity contribution in [2.45, 2.75) is 26.0 Å². The Morgan fingerprint density at radius 2 is 2.23 bits per heavy atom. The molecule has 1 aliphatic rings.